The van der Waals surface area contributed by atoms with Crippen LogP contribution >= 0.6 is 0 Å². The molecule has 0 fully saturated rings. The molecule has 0 saturated carbocycles. The van der Waals surface area contributed by atoms with Crippen molar-refractivity contribution >= 4 is 27.2 Å². The van der Waals surface area contributed by atoms with E-state index in [9.17, 15) is 0 Å². The van der Waals surface area contributed by atoms with Gasteiger partial charge in [-0.3, -0.25) is 0 Å². The second kappa shape index (κ2) is 11.8. The topological polar surface area (TPSA) is 17.3 Å². The van der Waals surface area contributed by atoms with Gasteiger partial charge in [-0.05, 0) is 107 Å². The number of aromatic nitrogens is 2. The molecule has 10 aromatic rings. The van der Waals surface area contributed by atoms with E-state index in [1.54, 1.807) is 0 Å². The maximum Gasteiger partial charge on any atom is 0.137 e. The number of rotatable bonds is 5. The van der Waals surface area contributed by atoms with Crippen molar-refractivity contribution in [3.8, 4) is 78.0 Å². The van der Waals surface area contributed by atoms with Crippen LogP contribution < -0.4 is 0 Å². The molecule has 11 rings (SSSR count). The normalized spacial score (nSPS) is 11.8. The van der Waals surface area contributed by atoms with Crippen molar-refractivity contribution in [2.75, 3.05) is 0 Å². The summed E-state index contributed by atoms with van der Waals surface area (Å²) in [6.45, 7) is 0. The smallest absolute Gasteiger partial charge is 0.137 e. The van der Waals surface area contributed by atoms with Crippen LogP contribution in [0.5, 0.6) is 0 Å². The molecular weight excluding hydrogens is 641 g/mol. The largest absolute Gasteiger partial charge is 0.306 e. The van der Waals surface area contributed by atoms with Crippen molar-refractivity contribution < 1.29 is 0 Å². The molecule has 0 atom stereocenters. The van der Waals surface area contributed by atoms with E-state index < -0.39 is 0 Å². The van der Waals surface area contributed by atoms with E-state index in [1.807, 2.05) is 0 Å². The average molecular weight is 673 g/mol. The van der Waals surface area contributed by atoms with Gasteiger partial charge in [-0.25, -0.2) is 4.98 Å². The maximum absolute atomic E-state index is 5.05. The van der Waals surface area contributed by atoms with Crippen LogP contribution in [0.15, 0.2) is 194 Å². The lowest BCUT2D eigenvalue weighted by atomic mass is 9.82. The highest BCUT2D eigenvalue weighted by molar-refractivity contribution is 6.28. The fourth-order valence-electron chi connectivity index (χ4n) is 8.64. The highest BCUT2D eigenvalue weighted by Crippen LogP contribution is 2.58. The average Bonchev–Trinajstić information content (AvgIpc) is 3.81. The standard InChI is InChI=1S/C51H32N2/c1-4-14-33(15-5-1)38-26-29-46-52-45(32-53(46)31-38)37-21-12-20-36(30-37)39-27-28-44-49-40(39)24-13-25-43(49)50-47(34-16-6-2-7-17-34)41-22-10-11-23-42(41)48(51(44)50)35-18-8-3-9-19-35/h1-32H. The van der Waals surface area contributed by atoms with Gasteiger partial charge in [0, 0.05) is 18.0 Å². The molecular formula is C51H32N2. The number of hydrogen-bond donors (Lipinski definition) is 0. The molecule has 0 unspecified atom stereocenters. The first-order chi connectivity index (χ1) is 26.3. The first kappa shape index (κ1) is 29.7. The van der Waals surface area contributed by atoms with Crippen LogP contribution in [0, 0.1) is 0 Å². The van der Waals surface area contributed by atoms with Gasteiger partial charge < -0.3 is 4.40 Å². The van der Waals surface area contributed by atoms with Gasteiger partial charge in [0.05, 0.1) is 5.69 Å². The second-order valence-corrected chi connectivity index (χ2v) is 13.9. The Labute approximate surface area is 307 Å². The summed E-state index contributed by atoms with van der Waals surface area (Å²) >= 11 is 0. The lowest BCUT2D eigenvalue weighted by Crippen LogP contribution is -1.93. The van der Waals surface area contributed by atoms with E-state index >= 15 is 0 Å². The van der Waals surface area contributed by atoms with Crippen molar-refractivity contribution in [3.63, 3.8) is 0 Å². The zero-order chi connectivity index (χ0) is 34.9. The Balaban J connectivity index is 1.11. The third kappa shape index (κ3) is 4.63. The van der Waals surface area contributed by atoms with E-state index in [-0.39, 0.29) is 0 Å². The molecule has 1 aliphatic rings. The molecule has 2 heteroatoms. The van der Waals surface area contributed by atoms with Crippen LogP contribution in [0.2, 0.25) is 0 Å². The second-order valence-electron chi connectivity index (χ2n) is 13.9. The van der Waals surface area contributed by atoms with Crippen molar-refractivity contribution in [2.45, 2.75) is 0 Å². The summed E-state index contributed by atoms with van der Waals surface area (Å²) in [5.74, 6) is 0. The summed E-state index contributed by atoms with van der Waals surface area (Å²) in [4.78, 5) is 5.05. The SMILES string of the molecule is c1ccc(-c2ccc3nc(-c4cccc(-c5ccc6c7c(cccc57)-c5c-6c(-c6ccccc6)c6ccccc6c5-c5ccccc5)c4)cn3c2)cc1. The fraction of sp³-hybridized carbons (Fsp3) is 0. The van der Waals surface area contributed by atoms with Gasteiger partial charge in [-0.2, -0.15) is 0 Å². The first-order valence-corrected chi connectivity index (χ1v) is 18.2. The first-order valence-electron chi connectivity index (χ1n) is 18.2. The Morgan fingerprint density at radius 1 is 0.321 bits per heavy atom. The molecule has 53 heavy (non-hydrogen) atoms. The summed E-state index contributed by atoms with van der Waals surface area (Å²) < 4.78 is 2.14. The van der Waals surface area contributed by atoms with Crippen molar-refractivity contribution in [3.05, 3.63) is 194 Å². The van der Waals surface area contributed by atoms with E-state index in [2.05, 4.69) is 199 Å². The van der Waals surface area contributed by atoms with Crippen LogP contribution in [-0.2, 0) is 0 Å². The van der Waals surface area contributed by atoms with E-state index in [1.165, 1.54) is 88.3 Å². The Kier molecular flexibility index (Phi) is 6.59. The van der Waals surface area contributed by atoms with Gasteiger partial charge in [0.15, 0.2) is 0 Å². The number of hydrogen-bond acceptors (Lipinski definition) is 1. The summed E-state index contributed by atoms with van der Waals surface area (Å²) in [6, 6.07) is 66.0. The number of imidazole rings is 1. The van der Waals surface area contributed by atoms with E-state index in [0.717, 1.165) is 16.9 Å². The minimum Gasteiger partial charge on any atom is -0.306 e. The predicted octanol–water partition coefficient (Wildman–Crippen LogP) is 13.6. The molecule has 0 bridgehead atoms. The maximum atomic E-state index is 5.05. The monoisotopic (exact) mass is 672 g/mol. The predicted molar refractivity (Wildman–Crippen MR) is 222 cm³/mol. The number of benzene rings is 8. The third-order valence-electron chi connectivity index (χ3n) is 10.9. The number of fused-ring (bicyclic) bond motifs is 5. The molecule has 2 aromatic heterocycles. The molecule has 8 aromatic carbocycles. The Bertz CT molecular complexity index is 2940. The van der Waals surface area contributed by atoms with Gasteiger partial charge in [-0.15, -0.1) is 0 Å². The fourth-order valence-corrected chi connectivity index (χ4v) is 8.64. The minimum atomic E-state index is 0.934. The highest BCUT2D eigenvalue weighted by atomic mass is 15.0. The van der Waals surface area contributed by atoms with E-state index in [4.69, 9.17) is 4.98 Å². The van der Waals surface area contributed by atoms with Gasteiger partial charge in [0.1, 0.15) is 5.65 Å². The minimum absolute atomic E-state index is 0.934. The van der Waals surface area contributed by atoms with Crippen LogP contribution in [0.4, 0.5) is 0 Å². The van der Waals surface area contributed by atoms with Crippen LogP contribution in [0.3, 0.4) is 0 Å². The lowest BCUT2D eigenvalue weighted by molar-refractivity contribution is 1.19. The molecule has 2 nitrogen and oxygen atoms in total. The molecule has 0 spiro atoms. The van der Waals surface area contributed by atoms with Crippen molar-refractivity contribution in [1.82, 2.24) is 9.38 Å². The Morgan fingerprint density at radius 3 is 1.53 bits per heavy atom. The highest BCUT2D eigenvalue weighted by Gasteiger charge is 2.31. The van der Waals surface area contributed by atoms with Crippen molar-refractivity contribution in [2.24, 2.45) is 0 Å². The number of pyridine rings is 1. The summed E-state index contributed by atoms with van der Waals surface area (Å²) in [5, 5.41) is 5.13. The summed E-state index contributed by atoms with van der Waals surface area (Å²) in [5.41, 5.74) is 18.1. The van der Waals surface area contributed by atoms with Gasteiger partial charge >= 0.3 is 0 Å². The van der Waals surface area contributed by atoms with E-state index in [0.29, 0.717) is 0 Å². The number of nitrogens with zero attached hydrogens (tertiary/aromatic N) is 2. The zero-order valence-corrected chi connectivity index (χ0v) is 28.9. The summed E-state index contributed by atoms with van der Waals surface area (Å²) in [7, 11) is 0. The van der Waals surface area contributed by atoms with Crippen molar-refractivity contribution in [1.29, 1.82) is 0 Å². The zero-order valence-electron chi connectivity index (χ0n) is 28.9. The van der Waals surface area contributed by atoms with Crippen LogP contribution in [0.1, 0.15) is 0 Å². The molecule has 246 valence electrons. The third-order valence-corrected chi connectivity index (χ3v) is 10.9. The molecule has 1 aliphatic carbocycles. The lowest BCUT2D eigenvalue weighted by Gasteiger charge is -2.20. The molecule has 0 radical (unpaired) electrons. The summed E-state index contributed by atoms with van der Waals surface area (Å²) in [6.07, 6.45) is 4.31. The van der Waals surface area contributed by atoms with Gasteiger partial charge in [0.2, 0.25) is 0 Å². The van der Waals surface area contributed by atoms with Crippen LogP contribution in [-0.4, -0.2) is 9.38 Å². The Morgan fingerprint density at radius 2 is 0.849 bits per heavy atom. The quantitative estimate of drug-likeness (QED) is 0.178. The van der Waals surface area contributed by atoms with Gasteiger partial charge in [-0.1, -0.05) is 164 Å². The molecule has 0 amide bonds. The molecule has 0 N–H and O–H groups in total. The van der Waals surface area contributed by atoms with Gasteiger partial charge in [0.25, 0.3) is 0 Å². The van der Waals surface area contributed by atoms with Crippen LogP contribution in [0.25, 0.3) is 105 Å². The molecule has 2 heterocycles. The Hall–Kier alpha value is -7.03. The molecule has 0 aliphatic heterocycles. The molecule has 0 saturated heterocycles.